The Morgan fingerprint density at radius 3 is 2.78 bits per heavy atom. The first kappa shape index (κ1) is 13.2. The van der Waals surface area contributed by atoms with Gasteiger partial charge in [-0.3, -0.25) is 4.98 Å². The number of pyridine rings is 1. The van der Waals surface area contributed by atoms with Gasteiger partial charge in [0.1, 0.15) is 5.82 Å². The number of aromatic nitrogens is 1. The van der Waals surface area contributed by atoms with Crippen LogP contribution in [0.25, 0.3) is 0 Å². The maximum absolute atomic E-state index is 13.4. The van der Waals surface area contributed by atoms with E-state index in [2.05, 4.69) is 20.9 Å². The van der Waals surface area contributed by atoms with Gasteiger partial charge in [0.25, 0.3) is 0 Å². The number of aliphatic hydroxyl groups excluding tert-OH is 1. The fourth-order valence-electron chi connectivity index (χ4n) is 1.71. The van der Waals surface area contributed by atoms with Crippen molar-refractivity contribution < 1.29 is 9.50 Å². The molecule has 0 aliphatic rings. The van der Waals surface area contributed by atoms with Crippen molar-refractivity contribution in [1.29, 1.82) is 0 Å². The third kappa shape index (κ3) is 2.94. The summed E-state index contributed by atoms with van der Waals surface area (Å²) < 4.78 is 13.7. The van der Waals surface area contributed by atoms with E-state index in [1.165, 1.54) is 6.07 Å². The number of halogens is 2. The first-order valence-corrected chi connectivity index (χ1v) is 6.40. The number of hydrogen-bond acceptors (Lipinski definition) is 2. The van der Waals surface area contributed by atoms with Gasteiger partial charge in [-0.05, 0) is 46.1 Å². The van der Waals surface area contributed by atoms with Crippen molar-refractivity contribution in [2.45, 2.75) is 19.4 Å². The SMILES string of the molecule is Cc1ccc(CC(O)c2cccc(F)c2Br)nc1. The summed E-state index contributed by atoms with van der Waals surface area (Å²) in [6, 6.07) is 8.44. The maximum atomic E-state index is 13.4. The Bertz CT molecular complexity index is 542. The molecule has 1 heterocycles. The van der Waals surface area contributed by atoms with Crippen LogP contribution < -0.4 is 0 Å². The van der Waals surface area contributed by atoms with Crippen LogP contribution in [0.3, 0.4) is 0 Å². The molecule has 1 unspecified atom stereocenters. The minimum atomic E-state index is -0.773. The summed E-state index contributed by atoms with van der Waals surface area (Å²) in [6.07, 6.45) is 1.34. The molecule has 0 aliphatic carbocycles. The lowest BCUT2D eigenvalue weighted by atomic mass is 10.0. The molecule has 1 aromatic heterocycles. The monoisotopic (exact) mass is 309 g/mol. The number of aryl methyl sites for hydroxylation is 1. The molecule has 0 spiro atoms. The Balaban J connectivity index is 2.19. The van der Waals surface area contributed by atoms with Crippen LogP contribution in [0.1, 0.15) is 22.9 Å². The predicted octanol–water partition coefficient (Wildman–Crippen LogP) is 3.57. The summed E-state index contributed by atoms with van der Waals surface area (Å²) >= 11 is 3.15. The third-order valence-electron chi connectivity index (χ3n) is 2.72. The maximum Gasteiger partial charge on any atom is 0.137 e. The topological polar surface area (TPSA) is 33.1 Å². The standard InChI is InChI=1S/C14H13BrFNO/c1-9-5-6-10(17-8-9)7-13(18)11-3-2-4-12(16)14(11)15/h2-6,8,13,18H,7H2,1H3. The quantitative estimate of drug-likeness (QED) is 0.940. The molecule has 94 valence electrons. The molecule has 0 fully saturated rings. The van der Waals surface area contributed by atoms with Crippen molar-refractivity contribution in [3.05, 3.63) is 63.6 Å². The van der Waals surface area contributed by atoms with Crippen molar-refractivity contribution in [1.82, 2.24) is 4.98 Å². The highest BCUT2D eigenvalue weighted by molar-refractivity contribution is 9.10. The minimum Gasteiger partial charge on any atom is -0.388 e. The van der Waals surface area contributed by atoms with E-state index in [0.717, 1.165) is 11.3 Å². The Morgan fingerprint density at radius 1 is 1.33 bits per heavy atom. The van der Waals surface area contributed by atoms with Crippen LogP contribution in [-0.4, -0.2) is 10.1 Å². The zero-order chi connectivity index (χ0) is 13.1. The van der Waals surface area contributed by atoms with Crippen LogP contribution in [0.5, 0.6) is 0 Å². The van der Waals surface area contributed by atoms with Crippen molar-refractivity contribution in [3.8, 4) is 0 Å². The van der Waals surface area contributed by atoms with Gasteiger partial charge in [0.15, 0.2) is 0 Å². The summed E-state index contributed by atoms with van der Waals surface area (Å²) in [5, 5.41) is 10.1. The van der Waals surface area contributed by atoms with Gasteiger partial charge in [0.05, 0.1) is 10.6 Å². The van der Waals surface area contributed by atoms with Gasteiger partial charge in [0.2, 0.25) is 0 Å². The lowest BCUT2D eigenvalue weighted by Gasteiger charge is -2.13. The molecule has 0 bridgehead atoms. The smallest absolute Gasteiger partial charge is 0.137 e. The molecule has 1 aromatic carbocycles. The number of nitrogens with zero attached hydrogens (tertiary/aromatic N) is 1. The molecule has 0 saturated carbocycles. The summed E-state index contributed by atoms with van der Waals surface area (Å²) in [5.41, 5.74) is 2.39. The molecule has 0 amide bonds. The van der Waals surface area contributed by atoms with E-state index in [4.69, 9.17) is 0 Å². The zero-order valence-corrected chi connectivity index (χ0v) is 11.5. The van der Waals surface area contributed by atoms with Crippen LogP contribution in [0.4, 0.5) is 4.39 Å². The number of hydrogen-bond donors (Lipinski definition) is 1. The molecule has 2 nitrogen and oxygen atoms in total. The molecule has 0 radical (unpaired) electrons. The van der Waals surface area contributed by atoms with E-state index in [1.54, 1.807) is 18.3 Å². The number of aliphatic hydroxyl groups is 1. The minimum absolute atomic E-state index is 0.310. The van der Waals surface area contributed by atoms with Crippen molar-refractivity contribution in [3.63, 3.8) is 0 Å². The summed E-state index contributed by atoms with van der Waals surface area (Å²) in [4.78, 5) is 4.23. The van der Waals surface area contributed by atoms with Gasteiger partial charge in [0, 0.05) is 18.3 Å². The van der Waals surface area contributed by atoms with Gasteiger partial charge < -0.3 is 5.11 Å². The summed E-state index contributed by atoms with van der Waals surface area (Å²) in [7, 11) is 0. The number of benzene rings is 1. The van der Waals surface area contributed by atoms with Gasteiger partial charge in [-0.2, -0.15) is 0 Å². The highest BCUT2D eigenvalue weighted by Gasteiger charge is 2.14. The fraction of sp³-hybridized carbons (Fsp3) is 0.214. The lowest BCUT2D eigenvalue weighted by molar-refractivity contribution is 0.176. The molecular formula is C14H13BrFNO. The first-order valence-electron chi connectivity index (χ1n) is 5.61. The van der Waals surface area contributed by atoms with Crippen LogP contribution >= 0.6 is 15.9 Å². The average Bonchev–Trinajstić information content (AvgIpc) is 2.35. The molecule has 4 heteroatoms. The Morgan fingerprint density at radius 2 is 2.11 bits per heavy atom. The second kappa shape index (κ2) is 5.59. The van der Waals surface area contributed by atoms with Gasteiger partial charge in [-0.1, -0.05) is 18.2 Å². The second-order valence-electron chi connectivity index (χ2n) is 4.19. The van der Waals surface area contributed by atoms with E-state index in [9.17, 15) is 9.50 Å². The van der Waals surface area contributed by atoms with Crippen LogP contribution in [0, 0.1) is 12.7 Å². The predicted molar refractivity (Wildman–Crippen MR) is 71.7 cm³/mol. The lowest BCUT2D eigenvalue weighted by Crippen LogP contribution is -2.05. The molecule has 2 aromatic rings. The third-order valence-corrected chi connectivity index (χ3v) is 3.55. The highest BCUT2D eigenvalue weighted by atomic mass is 79.9. The van der Waals surface area contributed by atoms with E-state index in [1.807, 2.05) is 19.1 Å². The first-order chi connectivity index (χ1) is 8.58. The van der Waals surface area contributed by atoms with Crippen LogP contribution in [0.2, 0.25) is 0 Å². The van der Waals surface area contributed by atoms with Crippen molar-refractivity contribution >= 4 is 15.9 Å². The van der Waals surface area contributed by atoms with Gasteiger partial charge in [-0.15, -0.1) is 0 Å². The van der Waals surface area contributed by atoms with Crippen molar-refractivity contribution in [2.75, 3.05) is 0 Å². The van der Waals surface area contributed by atoms with E-state index >= 15 is 0 Å². The summed E-state index contributed by atoms with van der Waals surface area (Å²) in [5.74, 6) is -0.372. The molecule has 1 atom stereocenters. The Kier molecular flexibility index (Phi) is 4.09. The molecule has 0 aliphatic heterocycles. The second-order valence-corrected chi connectivity index (χ2v) is 4.98. The largest absolute Gasteiger partial charge is 0.388 e. The average molecular weight is 310 g/mol. The van der Waals surface area contributed by atoms with E-state index < -0.39 is 6.10 Å². The molecule has 2 rings (SSSR count). The molecule has 18 heavy (non-hydrogen) atoms. The van der Waals surface area contributed by atoms with Gasteiger partial charge >= 0.3 is 0 Å². The van der Waals surface area contributed by atoms with Crippen molar-refractivity contribution in [2.24, 2.45) is 0 Å². The molecule has 1 N–H and O–H groups in total. The van der Waals surface area contributed by atoms with E-state index in [-0.39, 0.29) is 5.82 Å². The molecular weight excluding hydrogens is 297 g/mol. The van der Waals surface area contributed by atoms with Crippen LogP contribution in [0.15, 0.2) is 41.0 Å². The van der Waals surface area contributed by atoms with Gasteiger partial charge in [-0.25, -0.2) is 4.39 Å². The molecule has 0 saturated heterocycles. The Hall–Kier alpha value is -1.26. The number of rotatable bonds is 3. The van der Waals surface area contributed by atoms with E-state index in [0.29, 0.717) is 16.5 Å². The van der Waals surface area contributed by atoms with Crippen LogP contribution in [-0.2, 0) is 6.42 Å². The Labute approximate surface area is 114 Å². The summed E-state index contributed by atoms with van der Waals surface area (Å²) in [6.45, 7) is 1.95. The normalized spacial score (nSPS) is 12.4. The highest BCUT2D eigenvalue weighted by Crippen LogP contribution is 2.27. The fourth-order valence-corrected chi connectivity index (χ4v) is 2.23. The zero-order valence-electron chi connectivity index (χ0n) is 9.90.